The van der Waals surface area contributed by atoms with Crippen LogP contribution in [-0.4, -0.2) is 40.2 Å². The van der Waals surface area contributed by atoms with Crippen LogP contribution in [0.3, 0.4) is 0 Å². The highest BCUT2D eigenvalue weighted by Gasteiger charge is 2.17. The van der Waals surface area contributed by atoms with Crippen molar-refractivity contribution in [3.63, 3.8) is 0 Å². The molecule has 2 rings (SSSR count). The van der Waals surface area contributed by atoms with Gasteiger partial charge in [-0.15, -0.1) is 0 Å². The molecule has 1 heterocycles. The van der Waals surface area contributed by atoms with Crippen LogP contribution in [0.25, 0.3) is 0 Å². The average Bonchev–Trinajstić information content (AvgIpc) is 2.54. The molecule has 1 aromatic carbocycles. The molecule has 0 aliphatic rings. The monoisotopic (exact) mass is 300 g/mol. The minimum absolute atomic E-state index is 0.211. The Morgan fingerprint density at radius 3 is 2.55 bits per heavy atom. The number of benzene rings is 1. The molecule has 0 aliphatic heterocycles. The third-order valence-corrected chi connectivity index (χ3v) is 3.38. The maximum absolute atomic E-state index is 12.5. The normalized spacial score (nSPS) is 10.5. The first-order valence-corrected chi connectivity index (χ1v) is 7.19. The lowest BCUT2D eigenvalue weighted by molar-refractivity contribution is 0.0753. The summed E-state index contributed by atoms with van der Waals surface area (Å²) in [4.78, 5) is 25.5. The molecule has 0 fully saturated rings. The highest BCUT2D eigenvalue weighted by Crippen LogP contribution is 2.04. The molecule has 0 radical (unpaired) electrons. The van der Waals surface area contributed by atoms with Crippen LogP contribution in [-0.2, 0) is 13.5 Å². The summed E-state index contributed by atoms with van der Waals surface area (Å²) in [5.74, 6) is -0.211. The van der Waals surface area contributed by atoms with Crippen LogP contribution in [0.15, 0.2) is 47.3 Å². The van der Waals surface area contributed by atoms with E-state index in [0.29, 0.717) is 19.6 Å². The summed E-state index contributed by atoms with van der Waals surface area (Å²) in [7, 11) is 1.52. The van der Waals surface area contributed by atoms with E-state index in [1.807, 2.05) is 30.3 Å². The fourth-order valence-electron chi connectivity index (χ4n) is 2.16. The Kier molecular flexibility index (Phi) is 5.43. The Hall–Kier alpha value is -2.47. The number of amides is 1. The molecule has 1 amide bonds. The molecule has 2 aromatic rings. The lowest BCUT2D eigenvalue weighted by Gasteiger charge is -2.21. The number of carbonyl (C=O) groups is 1. The van der Waals surface area contributed by atoms with Gasteiger partial charge in [0.15, 0.2) is 0 Å². The Morgan fingerprint density at radius 2 is 1.91 bits per heavy atom. The third kappa shape index (κ3) is 4.02. The van der Waals surface area contributed by atoms with Crippen LogP contribution in [0.1, 0.15) is 16.1 Å². The van der Waals surface area contributed by atoms with Crippen molar-refractivity contribution in [2.75, 3.05) is 19.6 Å². The minimum Gasteiger partial charge on any atom is -0.336 e. The van der Waals surface area contributed by atoms with E-state index in [1.165, 1.54) is 19.2 Å². The lowest BCUT2D eigenvalue weighted by Crippen LogP contribution is -2.38. The number of nitrogens with zero attached hydrogens (tertiary/aromatic N) is 3. The van der Waals surface area contributed by atoms with Crippen molar-refractivity contribution in [1.29, 1.82) is 0 Å². The number of rotatable bonds is 6. The highest BCUT2D eigenvalue weighted by atomic mass is 16.2. The average molecular weight is 300 g/mol. The predicted octanol–water partition coefficient (Wildman–Crippen LogP) is 0.424. The van der Waals surface area contributed by atoms with Crippen molar-refractivity contribution in [3.05, 3.63) is 64.1 Å². The first kappa shape index (κ1) is 15.9. The second-order valence-electron chi connectivity index (χ2n) is 5.00. The van der Waals surface area contributed by atoms with Gasteiger partial charge >= 0.3 is 0 Å². The zero-order chi connectivity index (χ0) is 15.9. The zero-order valence-electron chi connectivity index (χ0n) is 12.6. The molecule has 0 atom stereocenters. The molecule has 6 nitrogen and oxygen atoms in total. The van der Waals surface area contributed by atoms with Gasteiger partial charge in [0.1, 0.15) is 5.69 Å². The number of aromatic nitrogens is 2. The second kappa shape index (κ2) is 7.51. The third-order valence-electron chi connectivity index (χ3n) is 3.38. The quantitative estimate of drug-likeness (QED) is 0.838. The topological polar surface area (TPSA) is 81.2 Å². The van der Waals surface area contributed by atoms with Gasteiger partial charge in [-0.3, -0.25) is 9.59 Å². The van der Waals surface area contributed by atoms with Gasteiger partial charge in [-0.1, -0.05) is 30.3 Å². The molecule has 0 bridgehead atoms. The van der Waals surface area contributed by atoms with Crippen LogP contribution >= 0.6 is 0 Å². The Balaban J connectivity index is 2.10. The molecular weight excluding hydrogens is 280 g/mol. The highest BCUT2D eigenvalue weighted by molar-refractivity contribution is 5.92. The molecule has 6 heteroatoms. The molecule has 22 heavy (non-hydrogen) atoms. The molecule has 0 saturated heterocycles. The van der Waals surface area contributed by atoms with Crippen molar-refractivity contribution in [2.45, 2.75) is 6.42 Å². The standard InChI is InChI=1S/C16H20N4O2/c1-19-15(21)8-7-14(18-19)16(22)20(12-10-17)11-9-13-5-3-2-4-6-13/h2-8H,9-12,17H2,1H3. The SMILES string of the molecule is Cn1nc(C(=O)N(CCN)CCc2ccccc2)ccc1=O. The van der Waals surface area contributed by atoms with E-state index in [4.69, 9.17) is 5.73 Å². The van der Waals surface area contributed by atoms with Crippen LogP contribution in [0, 0.1) is 0 Å². The van der Waals surface area contributed by atoms with Gasteiger partial charge in [-0.05, 0) is 18.1 Å². The van der Waals surface area contributed by atoms with Gasteiger partial charge in [-0.25, -0.2) is 4.68 Å². The maximum Gasteiger partial charge on any atom is 0.274 e. The largest absolute Gasteiger partial charge is 0.336 e. The number of aryl methyl sites for hydroxylation is 1. The van der Waals surface area contributed by atoms with E-state index < -0.39 is 0 Å². The second-order valence-corrected chi connectivity index (χ2v) is 5.00. The number of hydrogen-bond donors (Lipinski definition) is 1. The van der Waals surface area contributed by atoms with Crippen LogP contribution in [0.5, 0.6) is 0 Å². The zero-order valence-corrected chi connectivity index (χ0v) is 12.6. The number of nitrogens with two attached hydrogens (primary N) is 1. The molecular formula is C16H20N4O2. The summed E-state index contributed by atoms with van der Waals surface area (Å²) in [5, 5.41) is 4.00. The van der Waals surface area contributed by atoms with E-state index >= 15 is 0 Å². The van der Waals surface area contributed by atoms with Crippen LogP contribution in [0.2, 0.25) is 0 Å². The molecule has 116 valence electrons. The van der Waals surface area contributed by atoms with Gasteiger partial charge in [0.05, 0.1) is 0 Å². The van der Waals surface area contributed by atoms with E-state index in [9.17, 15) is 9.59 Å². The molecule has 1 aromatic heterocycles. The predicted molar refractivity (Wildman–Crippen MR) is 84.6 cm³/mol. The molecule has 2 N–H and O–H groups in total. The van der Waals surface area contributed by atoms with E-state index in [0.717, 1.165) is 16.7 Å². The Bertz CT molecular complexity index is 682. The van der Waals surface area contributed by atoms with Crippen LogP contribution < -0.4 is 11.3 Å². The summed E-state index contributed by atoms with van der Waals surface area (Å²) >= 11 is 0. The van der Waals surface area contributed by atoms with E-state index in [-0.39, 0.29) is 17.2 Å². The smallest absolute Gasteiger partial charge is 0.274 e. The van der Waals surface area contributed by atoms with Gasteiger partial charge in [0, 0.05) is 32.7 Å². The molecule has 0 unspecified atom stereocenters. The Labute approximate surface area is 129 Å². The first-order chi connectivity index (χ1) is 10.6. The first-order valence-electron chi connectivity index (χ1n) is 7.19. The fourth-order valence-corrected chi connectivity index (χ4v) is 2.16. The van der Waals surface area contributed by atoms with Gasteiger partial charge in [0.2, 0.25) is 0 Å². The molecule has 0 aliphatic carbocycles. The van der Waals surface area contributed by atoms with Crippen molar-refractivity contribution in [2.24, 2.45) is 12.8 Å². The lowest BCUT2D eigenvalue weighted by atomic mass is 10.1. The summed E-state index contributed by atoms with van der Waals surface area (Å²) < 4.78 is 1.16. The summed E-state index contributed by atoms with van der Waals surface area (Å²) in [6.07, 6.45) is 0.748. The van der Waals surface area contributed by atoms with Crippen molar-refractivity contribution < 1.29 is 4.79 Å². The summed E-state index contributed by atoms with van der Waals surface area (Å²) in [6, 6.07) is 12.7. The van der Waals surface area contributed by atoms with Gasteiger partial charge in [-0.2, -0.15) is 5.10 Å². The molecule has 0 spiro atoms. The van der Waals surface area contributed by atoms with Crippen molar-refractivity contribution in [3.8, 4) is 0 Å². The van der Waals surface area contributed by atoms with Crippen molar-refractivity contribution in [1.82, 2.24) is 14.7 Å². The van der Waals surface area contributed by atoms with Gasteiger partial charge in [0.25, 0.3) is 11.5 Å². The maximum atomic E-state index is 12.5. The summed E-state index contributed by atoms with van der Waals surface area (Å²) in [6.45, 7) is 1.40. The Morgan fingerprint density at radius 1 is 1.18 bits per heavy atom. The minimum atomic E-state index is -0.244. The number of carbonyl (C=O) groups excluding carboxylic acids is 1. The van der Waals surface area contributed by atoms with Crippen molar-refractivity contribution >= 4 is 5.91 Å². The number of hydrogen-bond acceptors (Lipinski definition) is 4. The van der Waals surface area contributed by atoms with E-state index in [2.05, 4.69) is 5.10 Å². The summed E-state index contributed by atoms with van der Waals surface area (Å²) in [5.41, 5.74) is 6.77. The van der Waals surface area contributed by atoms with E-state index in [1.54, 1.807) is 4.90 Å². The molecule has 0 saturated carbocycles. The fraction of sp³-hybridized carbons (Fsp3) is 0.312. The van der Waals surface area contributed by atoms with Gasteiger partial charge < -0.3 is 10.6 Å². The van der Waals surface area contributed by atoms with Crippen LogP contribution in [0.4, 0.5) is 0 Å².